The minimum absolute atomic E-state index is 0. The van der Waals surface area contributed by atoms with Crippen molar-refractivity contribution in [2.75, 3.05) is 14.2 Å². The Morgan fingerprint density at radius 1 is 0.970 bits per heavy atom. The summed E-state index contributed by atoms with van der Waals surface area (Å²) in [5.41, 5.74) is 1.66. The average Bonchev–Trinajstić information content (AvgIpc) is 3.65. The molecule has 2 aliphatic rings. The molecule has 166 valence electrons. The summed E-state index contributed by atoms with van der Waals surface area (Å²) in [6.45, 7) is 0. The third kappa shape index (κ3) is 6.65. The van der Waals surface area contributed by atoms with E-state index in [0.29, 0.717) is 10.9 Å². The van der Waals surface area contributed by atoms with Crippen molar-refractivity contribution in [1.82, 2.24) is 19.7 Å². The van der Waals surface area contributed by atoms with Crippen LogP contribution >= 0.6 is 11.3 Å². The summed E-state index contributed by atoms with van der Waals surface area (Å²) in [5.74, 6) is 2.42. The Kier molecular flexibility index (Phi) is 9.91. The first-order chi connectivity index (χ1) is 15.8. The van der Waals surface area contributed by atoms with E-state index in [2.05, 4.69) is 20.1 Å². The molecule has 0 unspecified atom stereocenters. The number of rotatable bonds is 6. The first kappa shape index (κ1) is 25.4. The van der Waals surface area contributed by atoms with Crippen LogP contribution in [0.5, 0.6) is 11.5 Å². The van der Waals surface area contributed by atoms with Gasteiger partial charge >= 0.3 is 17.1 Å². The van der Waals surface area contributed by atoms with Gasteiger partial charge in [0.05, 0.1) is 19.9 Å². The van der Waals surface area contributed by atoms with Gasteiger partial charge in [0.2, 0.25) is 5.13 Å². The number of benzene rings is 1. The minimum Gasteiger partial charge on any atom is -0.497 e. The van der Waals surface area contributed by atoms with Gasteiger partial charge in [-0.05, 0) is 69.9 Å². The van der Waals surface area contributed by atoms with Crippen LogP contribution in [0.4, 0.5) is 5.13 Å². The number of hydrogen-bond donors (Lipinski definition) is 0. The van der Waals surface area contributed by atoms with Gasteiger partial charge in [-0.15, -0.1) is 0 Å². The van der Waals surface area contributed by atoms with Crippen LogP contribution in [0, 0.1) is 63.7 Å². The first-order valence-electron chi connectivity index (χ1n) is 9.79. The maximum absolute atomic E-state index is 5.41. The summed E-state index contributed by atoms with van der Waals surface area (Å²) in [5, 5.41) is 5.71. The van der Waals surface area contributed by atoms with E-state index in [1.165, 1.54) is 17.7 Å². The molecule has 1 aromatic carbocycles. The Bertz CT molecular complexity index is 1000. The molecule has 33 heavy (non-hydrogen) atoms. The second-order valence-electron chi connectivity index (χ2n) is 6.49. The van der Waals surface area contributed by atoms with Crippen molar-refractivity contribution in [2.24, 2.45) is 4.99 Å². The van der Waals surface area contributed by atoms with E-state index in [1.807, 2.05) is 76.0 Å². The molecule has 0 saturated heterocycles. The van der Waals surface area contributed by atoms with Crippen LogP contribution in [-0.2, 0) is 17.1 Å². The Morgan fingerprint density at radius 3 is 2.30 bits per heavy atom. The maximum atomic E-state index is 5.41. The molecule has 0 N–H and O–H groups in total. The Morgan fingerprint density at radius 2 is 1.70 bits per heavy atom. The van der Waals surface area contributed by atoms with Crippen molar-refractivity contribution in [2.45, 2.75) is 0 Å². The fourth-order valence-electron chi connectivity index (χ4n) is 2.92. The quantitative estimate of drug-likeness (QED) is 0.374. The Labute approximate surface area is 210 Å². The van der Waals surface area contributed by atoms with Crippen LogP contribution in [0.25, 0.3) is 5.00 Å². The van der Waals surface area contributed by atoms with E-state index in [0.717, 1.165) is 27.9 Å². The van der Waals surface area contributed by atoms with Crippen LogP contribution < -0.4 is 9.47 Å². The molecule has 0 aliphatic heterocycles. The molecule has 5 rings (SSSR count). The van der Waals surface area contributed by atoms with Gasteiger partial charge in [0.25, 0.3) is 0 Å². The van der Waals surface area contributed by atoms with E-state index in [1.54, 1.807) is 31.4 Å². The van der Waals surface area contributed by atoms with Gasteiger partial charge in [-0.2, -0.15) is 5.10 Å². The number of aromatic nitrogens is 4. The predicted molar refractivity (Wildman–Crippen MR) is 125 cm³/mol. The van der Waals surface area contributed by atoms with Crippen LogP contribution in [0.15, 0.2) is 35.8 Å². The maximum Gasteiger partial charge on any atom is 2.00 e. The molecule has 2 aliphatic carbocycles. The number of methoxy groups -OCH3 is 2. The van der Waals surface area contributed by atoms with E-state index >= 15 is 0 Å². The van der Waals surface area contributed by atoms with Crippen molar-refractivity contribution in [3.05, 3.63) is 106 Å². The van der Waals surface area contributed by atoms with E-state index < -0.39 is 0 Å². The molecule has 2 saturated carbocycles. The molecule has 10 radical (unpaired) electrons. The number of ether oxygens (including phenoxy) is 2. The van der Waals surface area contributed by atoms with Gasteiger partial charge in [0, 0.05) is 23.8 Å². The van der Waals surface area contributed by atoms with E-state index in [9.17, 15) is 0 Å². The van der Waals surface area contributed by atoms with Crippen molar-refractivity contribution < 1.29 is 26.5 Å². The van der Waals surface area contributed by atoms with Crippen molar-refractivity contribution in [1.29, 1.82) is 0 Å². The first-order valence-corrected chi connectivity index (χ1v) is 10.6. The zero-order valence-corrected chi connectivity index (χ0v) is 19.9. The third-order valence-electron chi connectivity index (χ3n) is 4.47. The Balaban J connectivity index is 0.000000453. The van der Waals surface area contributed by atoms with Crippen LogP contribution in [0.2, 0.25) is 0 Å². The fraction of sp³-hybridized carbons (Fsp3) is 0.0833. The zero-order valence-electron chi connectivity index (χ0n) is 18.0. The van der Waals surface area contributed by atoms with Gasteiger partial charge in [0.15, 0.2) is 0 Å². The van der Waals surface area contributed by atoms with Gasteiger partial charge in [-0.3, -0.25) is 0 Å². The summed E-state index contributed by atoms with van der Waals surface area (Å²) < 4.78 is 12.3. The molecule has 2 fully saturated rings. The second kappa shape index (κ2) is 12.9. The normalized spacial score (nSPS) is 15.8. The molecule has 9 heteroatoms. The monoisotopic (exact) mass is 499 g/mol. The average molecular weight is 499 g/mol. The van der Waals surface area contributed by atoms with Gasteiger partial charge in [0.1, 0.15) is 29.2 Å². The number of nitrogens with zero attached hydrogens (tertiary/aromatic N) is 5. The second-order valence-corrected chi connectivity index (χ2v) is 7.45. The molecule has 0 atom stereocenters. The molecular weight excluding hydrogens is 478 g/mol. The summed E-state index contributed by atoms with van der Waals surface area (Å²) in [4.78, 5) is 13.2. The number of hydrogen-bond acceptors (Lipinski definition) is 7. The van der Waals surface area contributed by atoms with Gasteiger partial charge < -0.3 is 9.47 Å². The predicted octanol–water partition coefficient (Wildman–Crippen LogP) is 4.26. The SMILES string of the molecule is COc1ccc(/C=N/c2nc([C]3[CH][CH][CH][CH]3)c(-n3cncn3)s2)c(OC)c1.[CH]1[CH][CH][CH][CH]1.[Fe+2]. The standard InChI is InChI=1S/C19H16N5O2S.C5H5.Fe/c1-25-15-8-7-14(16(9-15)26-2)10-21-19-23-17(13-5-3-4-6-13)18(27-19)24-12-20-11-22-24;1-2-4-5-3-1;/h3-12H,1-2H3;1-5H;/q;;+2/b21-10+;;. The summed E-state index contributed by atoms with van der Waals surface area (Å²) in [6, 6.07) is 5.58. The summed E-state index contributed by atoms with van der Waals surface area (Å²) >= 11 is 1.44. The molecule has 0 bridgehead atoms. The molecule has 7 nitrogen and oxygen atoms in total. The van der Waals surface area contributed by atoms with E-state index in [4.69, 9.17) is 9.47 Å². The molecule has 2 heterocycles. The number of aliphatic imine (C=N–C) groups is 1. The van der Waals surface area contributed by atoms with E-state index in [-0.39, 0.29) is 17.1 Å². The minimum atomic E-state index is 0. The van der Waals surface area contributed by atoms with Gasteiger partial charge in [-0.1, -0.05) is 11.3 Å². The molecule has 2 aromatic heterocycles. The third-order valence-corrected chi connectivity index (χ3v) is 5.42. The topological polar surface area (TPSA) is 74.4 Å². The van der Waals surface area contributed by atoms with Crippen molar-refractivity contribution in [3.8, 4) is 16.5 Å². The van der Waals surface area contributed by atoms with Crippen LogP contribution in [0.1, 0.15) is 11.3 Å². The Hall–Kier alpha value is -2.22. The van der Waals surface area contributed by atoms with Crippen LogP contribution in [-0.4, -0.2) is 40.2 Å². The van der Waals surface area contributed by atoms with Crippen molar-refractivity contribution in [3.63, 3.8) is 0 Å². The smallest absolute Gasteiger partial charge is 0.497 e. The van der Waals surface area contributed by atoms with Gasteiger partial charge in [-0.25, -0.2) is 19.6 Å². The zero-order chi connectivity index (χ0) is 22.2. The summed E-state index contributed by atoms with van der Waals surface area (Å²) in [7, 11) is 3.24. The molecular formula is C24H21FeN5O2S+2. The molecule has 3 aromatic rings. The molecule has 0 spiro atoms. The molecule has 0 amide bonds. The largest absolute Gasteiger partial charge is 2.00 e. The van der Waals surface area contributed by atoms with Crippen molar-refractivity contribution >= 4 is 22.7 Å². The number of thiazole rings is 1. The summed E-state index contributed by atoms with van der Waals surface area (Å²) in [6.07, 6.45) is 22.9. The fourth-order valence-corrected chi connectivity index (χ4v) is 3.78. The van der Waals surface area contributed by atoms with Crippen LogP contribution in [0.3, 0.4) is 0 Å².